The van der Waals surface area contributed by atoms with Crippen LogP contribution in [0.3, 0.4) is 0 Å². The standard InChI is InChI=1S/C17H23N3O2/c1-12(2)14-11-22-17-5-8-19(10-13-3-6-18-7-4-13)15(17)9-16(21)20(14)17/h3-4,6-7,12,14-15H,5,8-11H2,1-2H3/t14-,15+,17-/m0/s1. The number of amides is 1. The molecule has 4 rings (SSSR count). The van der Waals surface area contributed by atoms with Crippen molar-refractivity contribution in [2.24, 2.45) is 5.92 Å². The smallest absolute Gasteiger partial charge is 0.226 e. The number of aromatic nitrogens is 1. The van der Waals surface area contributed by atoms with Gasteiger partial charge in [-0.25, -0.2) is 0 Å². The van der Waals surface area contributed by atoms with Crippen LogP contribution in [-0.2, 0) is 16.1 Å². The van der Waals surface area contributed by atoms with Gasteiger partial charge in [0.15, 0.2) is 5.72 Å². The molecule has 1 spiro atoms. The molecule has 0 unspecified atom stereocenters. The molecule has 1 aromatic heterocycles. The Hall–Kier alpha value is -1.46. The number of nitrogens with zero attached hydrogens (tertiary/aromatic N) is 3. The summed E-state index contributed by atoms with van der Waals surface area (Å²) in [6.45, 7) is 6.89. The van der Waals surface area contributed by atoms with E-state index in [2.05, 4.69) is 28.6 Å². The number of pyridine rings is 1. The second-order valence-electron chi connectivity index (χ2n) is 7.03. The molecule has 0 radical (unpaired) electrons. The van der Waals surface area contributed by atoms with Crippen LogP contribution < -0.4 is 0 Å². The Balaban J connectivity index is 1.59. The van der Waals surface area contributed by atoms with Gasteiger partial charge >= 0.3 is 0 Å². The van der Waals surface area contributed by atoms with Crippen LogP contribution in [0.5, 0.6) is 0 Å². The zero-order valence-electron chi connectivity index (χ0n) is 13.2. The van der Waals surface area contributed by atoms with Gasteiger partial charge in [0.25, 0.3) is 0 Å². The molecule has 118 valence electrons. The maximum atomic E-state index is 12.6. The highest BCUT2D eigenvalue weighted by Crippen LogP contribution is 2.49. The zero-order chi connectivity index (χ0) is 15.3. The fourth-order valence-corrected chi connectivity index (χ4v) is 4.37. The molecule has 5 nitrogen and oxygen atoms in total. The largest absolute Gasteiger partial charge is 0.352 e. The lowest BCUT2D eigenvalue weighted by atomic mass is 10.0. The molecule has 0 bridgehead atoms. The second kappa shape index (κ2) is 5.03. The highest BCUT2D eigenvalue weighted by atomic mass is 16.5. The topological polar surface area (TPSA) is 45.7 Å². The van der Waals surface area contributed by atoms with Gasteiger partial charge in [0, 0.05) is 38.3 Å². The first-order chi connectivity index (χ1) is 10.6. The molecule has 3 atom stereocenters. The lowest BCUT2D eigenvalue weighted by Crippen LogP contribution is -2.50. The first-order valence-electron chi connectivity index (χ1n) is 8.21. The normalized spacial score (nSPS) is 34.5. The molecule has 3 aliphatic rings. The molecule has 1 aromatic rings. The average Bonchev–Trinajstić information content (AvgIpc) is 3.12. The fraction of sp³-hybridized carbons (Fsp3) is 0.647. The Morgan fingerprint density at radius 2 is 2.18 bits per heavy atom. The maximum absolute atomic E-state index is 12.6. The molecule has 0 saturated carbocycles. The number of hydrogen-bond acceptors (Lipinski definition) is 4. The maximum Gasteiger partial charge on any atom is 0.226 e. The molecule has 22 heavy (non-hydrogen) atoms. The zero-order valence-corrected chi connectivity index (χ0v) is 13.2. The number of ether oxygens (including phenoxy) is 1. The molecule has 3 saturated heterocycles. The third kappa shape index (κ3) is 1.92. The summed E-state index contributed by atoms with van der Waals surface area (Å²) >= 11 is 0. The van der Waals surface area contributed by atoms with Gasteiger partial charge in [-0.2, -0.15) is 0 Å². The summed E-state index contributed by atoms with van der Waals surface area (Å²) in [5.41, 5.74) is 0.885. The monoisotopic (exact) mass is 301 g/mol. The van der Waals surface area contributed by atoms with Gasteiger partial charge in [0.2, 0.25) is 5.91 Å². The van der Waals surface area contributed by atoms with E-state index in [0.717, 1.165) is 19.5 Å². The van der Waals surface area contributed by atoms with Crippen molar-refractivity contribution in [2.45, 2.75) is 51.0 Å². The van der Waals surface area contributed by atoms with E-state index in [-0.39, 0.29) is 23.7 Å². The molecule has 4 heterocycles. The molecule has 5 heteroatoms. The summed E-state index contributed by atoms with van der Waals surface area (Å²) < 4.78 is 6.25. The average molecular weight is 301 g/mol. The van der Waals surface area contributed by atoms with Crippen molar-refractivity contribution in [3.05, 3.63) is 30.1 Å². The van der Waals surface area contributed by atoms with Gasteiger partial charge in [-0.15, -0.1) is 0 Å². The molecule has 3 fully saturated rings. The summed E-state index contributed by atoms with van der Waals surface area (Å²) in [7, 11) is 0. The van der Waals surface area contributed by atoms with Crippen LogP contribution >= 0.6 is 0 Å². The van der Waals surface area contributed by atoms with E-state index in [1.807, 2.05) is 24.5 Å². The number of likely N-dealkylation sites (tertiary alicyclic amines) is 1. The predicted molar refractivity (Wildman–Crippen MR) is 81.8 cm³/mol. The van der Waals surface area contributed by atoms with Gasteiger partial charge < -0.3 is 9.64 Å². The van der Waals surface area contributed by atoms with Gasteiger partial charge in [0.1, 0.15) is 0 Å². The van der Waals surface area contributed by atoms with Gasteiger partial charge in [0.05, 0.1) is 18.7 Å². The summed E-state index contributed by atoms with van der Waals surface area (Å²) in [6, 6.07) is 4.52. The van der Waals surface area contributed by atoms with Crippen molar-refractivity contribution in [1.29, 1.82) is 0 Å². The summed E-state index contributed by atoms with van der Waals surface area (Å²) in [5, 5.41) is 0. The van der Waals surface area contributed by atoms with E-state index in [1.54, 1.807) is 0 Å². The van der Waals surface area contributed by atoms with Gasteiger partial charge in [-0.3, -0.25) is 14.7 Å². The highest BCUT2D eigenvalue weighted by molar-refractivity contribution is 5.82. The number of hydrogen-bond donors (Lipinski definition) is 0. The van der Waals surface area contributed by atoms with E-state index in [4.69, 9.17) is 4.74 Å². The number of carbonyl (C=O) groups is 1. The van der Waals surface area contributed by atoms with E-state index in [9.17, 15) is 4.79 Å². The van der Waals surface area contributed by atoms with Crippen LogP contribution in [0.25, 0.3) is 0 Å². The summed E-state index contributed by atoms with van der Waals surface area (Å²) in [4.78, 5) is 21.2. The molecule has 3 aliphatic heterocycles. The Kier molecular flexibility index (Phi) is 3.24. The Morgan fingerprint density at radius 3 is 2.91 bits per heavy atom. The molecule has 0 N–H and O–H groups in total. The van der Waals surface area contributed by atoms with E-state index in [1.165, 1.54) is 5.56 Å². The lowest BCUT2D eigenvalue weighted by molar-refractivity contribution is -0.139. The van der Waals surface area contributed by atoms with Crippen molar-refractivity contribution in [3.8, 4) is 0 Å². The van der Waals surface area contributed by atoms with E-state index >= 15 is 0 Å². The quantitative estimate of drug-likeness (QED) is 0.851. The first-order valence-corrected chi connectivity index (χ1v) is 8.21. The SMILES string of the molecule is CC(C)[C@@H]1CO[C@@]23CCN(Cc4ccncc4)[C@@H]2CC(=O)N13. The third-order valence-corrected chi connectivity index (χ3v) is 5.50. The minimum atomic E-state index is -0.362. The molecular weight excluding hydrogens is 278 g/mol. The van der Waals surface area contributed by atoms with Crippen molar-refractivity contribution < 1.29 is 9.53 Å². The predicted octanol–water partition coefficient (Wildman–Crippen LogP) is 1.64. The van der Waals surface area contributed by atoms with Crippen molar-refractivity contribution >= 4 is 5.91 Å². The Morgan fingerprint density at radius 1 is 1.41 bits per heavy atom. The number of rotatable bonds is 3. The van der Waals surface area contributed by atoms with Crippen LogP contribution in [0.2, 0.25) is 0 Å². The minimum Gasteiger partial charge on any atom is -0.352 e. The minimum absolute atomic E-state index is 0.192. The lowest BCUT2D eigenvalue weighted by Gasteiger charge is -2.34. The second-order valence-corrected chi connectivity index (χ2v) is 7.03. The first kappa shape index (κ1) is 14.2. The van der Waals surface area contributed by atoms with Crippen LogP contribution in [0.1, 0.15) is 32.3 Å². The number of carbonyl (C=O) groups excluding carboxylic acids is 1. The molecular formula is C17H23N3O2. The summed E-state index contributed by atoms with van der Waals surface area (Å²) in [6.07, 6.45) is 5.17. The highest BCUT2D eigenvalue weighted by Gasteiger charge is 2.64. The van der Waals surface area contributed by atoms with Crippen LogP contribution in [0.15, 0.2) is 24.5 Å². The molecule has 0 aliphatic carbocycles. The van der Waals surface area contributed by atoms with Crippen LogP contribution in [0.4, 0.5) is 0 Å². The van der Waals surface area contributed by atoms with Gasteiger partial charge in [-0.1, -0.05) is 13.8 Å². The fourth-order valence-electron chi connectivity index (χ4n) is 4.37. The van der Waals surface area contributed by atoms with Crippen LogP contribution in [0, 0.1) is 5.92 Å². The van der Waals surface area contributed by atoms with E-state index < -0.39 is 0 Å². The van der Waals surface area contributed by atoms with Crippen molar-refractivity contribution in [3.63, 3.8) is 0 Å². The van der Waals surface area contributed by atoms with Gasteiger partial charge in [-0.05, 0) is 23.6 Å². The Bertz CT molecular complexity index is 577. The third-order valence-electron chi connectivity index (χ3n) is 5.50. The summed E-state index contributed by atoms with van der Waals surface area (Å²) in [5.74, 6) is 0.706. The van der Waals surface area contributed by atoms with Crippen molar-refractivity contribution in [2.75, 3.05) is 13.2 Å². The van der Waals surface area contributed by atoms with Crippen LogP contribution in [-0.4, -0.2) is 51.7 Å². The molecule has 0 aromatic carbocycles. The Labute approximate surface area is 131 Å². The van der Waals surface area contributed by atoms with E-state index in [0.29, 0.717) is 18.9 Å². The molecule has 1 amide bonds. The van der Waals surface area contributed by atoms with Crippen molar-refractivity contribution in [1.82, 2.24) is 14.8 Å².